The first-order valence-electron chi connectivity index (χ1n) is 9.08. The van der Waals surface area contributed by atoms with Crippen molar-refractivity contribution in [1.29, 1.82) is 0 Å². The molecule has 1 amide bonds. The Bertz CT molecular complexity index is 911. The van der Waals surface area contributed by atoms with Crippen LogP contribution in [-0.2, 0) is 14.8 Å². The van der Waals surface area contributed by atoms with Crippen molar-refractivity contribution < 1.29 is 22.7 Å². The summed E-state index contributed by atoms with van der Waals surface area (Å²) < 4.78 is 38.5. The molecule has 1 N–H and O–H groups in total. The Morgan fingerprint density at radius 2 is 1.71 bits per heavy atom. The molecule has 3 rings (SSSR count). The minimum absolute atomic E-state index is 0.0676. The lowest BCUT2D eigenvalue weighted by atomic mass is 10.3. The summed E-state index contributed by atoms with van der Waals surface area (Å²) in [6.45, 7) is 2.59. The van der Waals surface area contributed by atoms with Gasteiger partial charge < -0.3 is 14.4 Å². The lowest BCUT2D eigenvalue weighted by molar-refractivity contribution is -0.117. The molecule has 1 aliphatic heterocycles. The van der Waals surface area contributed by atoms with Gasteiger partial charge in [0.25, 0.3) is 0 Å². The minimum atomic E-state index is -3.68. The molecule has 0 saturated carbocycles. The Balaban J connectivity index is 1.58. The van der Waals surface area contributed by atoms with Gasteiger partial charge >= 0.3 is 0 Å². The molecule has 28 heavy (non-hydrogen) atoms. The van der Waals surface area contributed by atoms with Gasteiger partial charge in [-0.2, -0.15) is 0 Å². The molecular weight excluding hydrogens is 380 g/mol. The number of nitrogens with zero attached hydrogens (tertiary/aromatic N) is 1. The number of hydrogen-bond donors (Lipinski definition) is 1. The molecule has 2 aromatic rings. The maximum Gasteiger partial charge on any atom is 0.240 e. The van der Waals surface area contributed by atoms with Gasteiger partial charge in [0.05, 0.1) is 18.0 Å². The van der Waals surface area contributed by atoms with Gasteiger partial charge in [-0.05, 0) is 61.9 Å². The number of carbonyl (C=O) groups excluding carboxylic acids is 1. The Kier molecular flexibility index (Phi) is 6.21. The van der Waals surface area contributed by atoms with Crippen molar-refractivity contribution >= 4 is 21.6 Å². The SMILES string of the molecule is COc1ccc(OC[C@@H](C)NS(=O)(=O)c2ccc(N3CCCC3=O)cc2)cc1. The molecule has 1 aliphatic rings. The van der Waals surface area contributed by atoms with Crippen molar-refractivity contribution in [2.24, 2.45) is 0 Å². The number of benzene rings is 2. The average molecular weight is 404 g/mol. The van der Waals surface area contributed by atoms with E-state index in [0.29, 0.717) is 18.7 Å². The standard InChI is InChI=1S/C20H24N2O5S/c1-15(14-27-18-9-7-17(26-2)8-10-18)21-28(24,25)19-11-5-16(6-12-19)22-13-3-4-20(22)23/h5-12,15,21H,3-4,13-14H2,1-2H3/t15-/m1/s1. The topological polar surface area (TPSA) is 84.9 Å². The number of amides is 1. The summed E-state index contributed by atoms with van der Waals surface area (Å²) in [5.74, 6) is 1.42. The third kappa shape index (κ3) is 4.82. The highest BCUT2D eigenvalue weighted by atomic mass is 32.2. The van der Waals surface area contributed by atoms with Crippen LogP contribution in [0.15, 0.2) is 53.4 Å². The van der Waals surface area contributed by atoms with Gasteiger partial charge in [-0.25, -0.2) is 13.1 Å². The number of ether oxygens (including phenoxy) is 2. The first-order valence-corrected chi connectivity index (χ1v) is 10.6. The van der Waals surface area contributed by atoms with Crippen molar-refractivity contribution in [2.45, 2.75) is 30.7 Å². The molecule has 8 heteroatoms. The van der Waals surface area contributed by atoms with Gasteiger partial charge in [0, 0.05) is 18.7 Å². The molecule has 150 valence electrons. The fraction of sp³-hybridized carbons (Fsp3) is 0.350. The molecule has 0 bridgehead atoms. The van der Waals surface area contributed by atoms with Gasteiger partial charge in [-0.3, -0.25) is 4.79 Å². The second-order valence-corrected chi connectivity index (χ2v) is 8.37. The van der Waals surface area contributed by atoms with Crippen LogP contribution in [-0.4, -0.2) is 40.6 Å². The molecule has 1 fully saturated rings. The minimum Gasteiger partial charge on any atom is -0.497 e. The summed E-state index contributed by atoms with van der Waals surface area (Å²) in [4.78, 5) is 13.6. The van der Waals surface area contributed by atoms with E-state index in [1.165, 1.54) is 12.1 Å². The fourth-order valence-corrected chi connectivity index (χ4v) is 4.21. The van der Waals surface area contributed by atoms with Crippen molar-refractivity contribution in [2.75, 3.05) is 25.2 Å². The van der Waals surface area contributed by atoms with Gasteiger partial charge in [0.1, 0.15) is 18.1 Å². The number of nitrogens with one attached hydrogen (secondary N) is 1. The van der Waals surface area contributed by atoms with Crippen LogP contribution >= 0.6 is 0 Å². The van der Waals surface area contributed by atoms with Crippen LogP contribution in [0.1, 0.15) is 19.8 Å². The maximum absolute atomic E-state index is 12.6. The van der Waals surface area contributed by atoms with Gasteiger partial charge in [-0.1, -0.05) is 0 Å². The van der Waals surface area contributed by atoms with E-state index >= 15 is 0 Å². The predicted octanol–water partition coefficient (Wildman–Crippen LogP) is 2.57. The van der Waals surface area contributed by atoms with Crippen LogP contribution in [0, 0.1) is 0 Å². The zero-order valence-electron chi connectivity index (χ0n) is 15.9. The highest BCUT2D eigenvalue weighted by Crippen LogP contribution is 2.23. The summed E-state index contributed by atoms with van der Waals surface area (Å²) >= 11 is 0. The molecule has 0 radical (unpaired) electrons. The van der Waals surface area contributed by atoms with Gasteiger partial charge in [0.2, 0.25) is 15.9 Å². The lowest BCUT2D eigenvalue weighted by Gasteiger charge is -2.17. The quantitative estimate of drug-likeness (QED) is 0.731. The molecule has 1 atom stereocenters. The third-order valence-electron chi connectivity index (χ3n) is 4.45. The van der Waals surface area contributed by atoms with Crippen LogP contribution in [0.2, 0.25) is 0 Å². The van der Waals surface area contributed by atoms with Crippen LogP contribution in [0.25, 0.3) is 0 Å². The lowest BCUT2D eigenvalue weighted by Crippen LogP contribution is -2.36. The van der Waals surface area contributed by atoms with Crippen molar-refractivity contribution in [1.82, 2.24) is 4.72 Å². The van der Waals surface area contributed by atoms with E-state index in [2.05, 4.69) is 4.72 Å². The Morgan fingerprint density at radius 1 is 1.07 bits per heavy atom. The number of carbonyl (C=O) groups is 1. The molecule has 2 aromatic carbocycles. The van der Waals surface area contributed by atoms with E-state index in [-0.39, 0.29) is 17.4 Å². The van der Waals surface area contributed by atoms with Crippen molar-refractivity contribution in [3.63, 3.8) is 0 Å². The highest BCUT2D eigenvalue weighted by molar-refractivity contribution is 7.89. The van der Waals surface area contributed by atoms with E-state index < -0.39 is 16.1 Å². The van der Waals surface area contributed by atoms with E-state index in [0.717, 1.165) is 17.9 Å². The van der Waals surface area contributed by atoms with Crippen molar-refractivity contribution in [3.05, 3.63) is 48.5 Å². The number of hydrogen-bond acceptors (Lipinski definition) is 5. The molecule has 0 aromatic heterocycles. The third-order valence-corrected chi connectivity index (χ3v) is 6.05. The normalized spacial score (nSPS) is 15.5. The molecule has 0 unspecified atom stereocenters. The molecule has 1 saturated heterocycles. The van der Waals surface area contributed by atoms with E-state index in [1.54, 1.807) is 55.3 Å². The fourth-order valence-electron chi connectivity index (χ4n) is 2.99. The molecule has 1 heterocycles. The largest absolute Gasteiger partial charge is 0.497 e. The van der Waals surface area contributed by atoms with Crippen LogP contribution in [0.3, 0.4) is 0 Å². The zero-order valence-corrected chi connectivity index (χ0v) is 16.7. The van der Waals surface area contributed by atoms with E-state index in [9.17, 15) is 13.2 Å². The summed E-state index contributed by atoms with van der Waals surface area (Å²) in [6.07, 6.45) is 1.36. The monoisotopic (exact) mass is 404 g/mol. The Morgan fingerprint density at radius 3 is 2.29 bits per heavy atom. The summed E-state index contributed by atoms with van der Waals surface area (Å²) in [6, 6.07) is 13.0. The summed E-state index contributed by atoms with van der Waals surface area (Å²) in [5, 5.41) is 0. The average Bonchev–Trinajstić information content (AvgIpc) is 3.12. The van der Waals surface area contributed by atoms with Crippen LogP contribution < -0.4 is 19.1 Å². The van der Waals surface area contributed by atoms with E-state index in [4.69, 9.17) is 9.47 Å². The first-order chi connectivity index (χ1) is 13.4. The van der Waals surface area contributed by atoms with Gasteiger partial charge in [-0.15, -0.1) is 0 Å². The molecule has 0 spiro atoms. The molecular formula is C20H24N2O5S. The van der Waals surface area contributed by atoms with Crippen molar-refractivity contribution in [3.8, 4) is 11.5 Å². The number of rotatable bonds is 8. The maximum atomic E-state index is 12.6. The smallest absolute Gasteiger partial charge is 0.240 e. The highest BCUT2D eigenvalue weighted by Gasteiger charge is 2.23. The Hall–Kier alpha value is -2.58. The van der Waals surface area contributed by atoms with E-state index in [1.807, 2.05) is 0 Å². The van der Waals surface area contributed by atoms with Gasteiger partial charge in [0.15, 0.2) is 0 Å². The summed E-state index contributed by atoms with van der Waals surface area (Å²) in [7, 11) is -2.10. The number of methoxy groups -OCH3 is 1. The first kappa shape index (κ1) is 20.2. The molecule has 7 nitrogen and oxygen atoms in total. The predicted molar refractivity (Wildman–Crippen MR) is 106 cm³/mol. The van der Waals surface area contributed by atoms with Crippen LogP contribution in [0.4, 0.5) is 5.69 Å². The second kappa shape index (κ2) is 8.62. The number of anilines is 1. The second-order valence-electron chi connectivity index (χ2n) is 6.65. The Labute approximate surface area is 165 Å². The van der Waals surface area contributed by atoms with Crippen LogP contribution in [0.5, 0.6) is 11.5 Å². The summed E-state index contributed by atoms with van der Waals surface area (Å²) in [5.41, 5.74) is 0.720. The zero-order chi connectivity index (χ0) is 20.1. The number of sulfonamides is 1. The molecule has 0 aliphatic carbocycles.